The largest absolute Gasteiger partial charge is 0.351 e. The van der Waals surface area contributed by atoms with Gasteiger partial charge in [-0.1, -0.05) is 52.0 Å². The van der Waals surface area contributed by atoms with E-state index in [1.807, 2.05) is 50.1 Å². The van der Waals surface area contributed by atoms with Gasteiger partial charge >= 0.3 is 0 Å². The third-order valence-electron chi connectivity index (χ3n) is 4.67. The number of amides is 1. The number of hydrogen-bond donors (Lipinski definition) is 2. The van der Waals surface area contributed by atoms with Gasteiger partial charge in [-0.25, -0.2) is 0 Å². The molecule has 1 rings (SSSR count). The molecule has 0 unspecified atom stereocenters. The number of benzene rings is 1. The molecule has 0 heterocycles. The number of carbonyl (C=O) groups excluding carboxylic acids is 2. The van der Waals surface area contributed by atoms with Crippen molar-refractivity contribution in [2.75, 3.05) is 13.6 Å². The highest BCUT2D eigenvalue weighted by molar-refractivity contribution is 5.86. The fraction of sp³-hybridized carbons (Fsp3) is 0.636. The van der Waals surface area contributed by atoms with E-state index in [2.05, 4.69) is 38.3 Å². The average molecular weight is 376 g/mol. The first-order valence-electron chi connectivity index (χ1n) is 9.94. The summed E-state index contributed by atoms with van der Waals surface area (Å²) < 4.78 is 0. The minimum Gasteiger partial charge on any atom is -0.351 e. The molecule has 152 valence electrons. The lowest BCUT2D eigenvalue weighted by Gasteiger charge is -2.22. The van der Waals surface area contributed by atoms with Crippen molar-refractivity contribution in [3.05, 3.63) is 35.4 Å². The van der Waals surface area contributed by atoms with Crippen molar-refractivity contribution in [2.24, 2.45) is 5.92 Å². The van der Waals surface area contributed by atoms with Gasteiger partial charge in [-0.3, -0.25) is 14.5 Å². The molecule has 0 aliphatic rings. The third kappa shape index (κ3) is 8.67. The van der Waals surface area contributed by atoms with Crippen LogP contribution in [0.2, 0.25) is 0 Å². The molecule has 1 aromatic rings. The fourth-order valence-corrected chi connectivity index (χ4v) is 2.74. The first kappa shape index (κ1) is 23.3. The molecule has 0 fully saturated rings. The van der Waals surface area contributed by atoms with Crippen LogP contribution in [0, 0.1) is 5.92 Å². The van der Waals surface area contributed by atoms with Crippen LogP contribution in [0.1, 0.15) is 52.7 Å². The maximum absolute atomic E-state index is 12.4. The van der Waals surface area contributed by atoms with Gasteiger partial charge in [0.15, 0.2) is 5.78 Å². The van der Waals surface area contributed by atoms with Crippen molar-refractivity contribution < 1.29 is 9.59 Å². The quantitative estimate of drug-likeness (QED) is 0.624. The van der Waals surface area contributed by atoms with Gasteiger partial charge in [0.05, 0.1) is 12.6 Å². The summed E-state index contributed by atoms with van der Waals surface area (Å²) in [6.45, 7) is 13.1. The number of carbonyl (C=O) groups is 2. The summed E-state index contributed by atoms with van der Waals surface area (Å²) in [7, 11) is 1.94. The van der Waals surface area contributed by atoms with Crippen LogP contribution in [0.15, 0.2) is 24.3 Å². The van der Waals surface area contributed by atoms with Gasteiger partial charge in [0.25, 0.3) is 0 Å². The van der Waals surface area contributed by atoms with Gasteiger partial charge in [-0.05, 0) is 38.4 Å². The van der Waals surface area contributed by atoms with E-state index in [0.717, 1.165) is 11.1 Å². The van der Waals surface area contributed by atoms with Gasteiger partial charge in [0.1, 0.15) is 0 Å². The Hall–Kier alpha value is -1.72. The summed E-state index contributed by atoms with van der Waals surface area (Å²) >= 11 is 0. The Morgan fingerprint density at radius 2 is 1.52 bits per heavy atom. The first-order valence-corrected chi connectivity index (χ1v) is 9.94. The lowest BCUT2D eigenvalue weighted by Crippen LogP contribution is -2.44. The third-order valence-corrected chi connectivity index (χ3v) is 4.67. The van der Waals surface area contributed by atoms with Crippen LogP contribution in [0.4, 0.5) is 0 Å². The van der Waals surface area contributed by atoms with E-state index in [-0.39, 0.29) is 29.7 Å². The molecule has 0 radical (unpaired) electrons. The minimum atomic E-state index is -0.165. The standard InChI is InChI=1S/C22H37N3O2/c1-15(2)22(27)20(24-16(3)4)12-18-8-10-19(11-9-18)13-23-21(26)14-25(7)17(5)6/h8-11,15-17,20,24H,12-14H2,1-7H3,(H,23,26)/t20-/m0/s1. The van der Waals surface area contributed by atoms with Crippen LogP contribution >= 0.6 is 0 Å². The second-order valence-corrected chi connectivity index (χ2v) is 8.24. The van der Waals surface area contributed by atoms with Crippen LogP contribution in [0.25, 0.3) is 0 Å². The molecule has 0 saturated carbocycles. The molecular formula is C22H37N3O2. The molecular weight excluding hydrogens is 338 g/mol. The molecule has 0 bridgehead atoms. The molecule has 1 amide bonds. The van der Waals surface area contributed by atoms with Crippen LogP contribution in [0.5, 0.6) is 0 Å². The second kappa shape index (κ2) is 11.2. The molecule has 5 heteroatoms. The number of Topliss-reactive ketones (excluding diaryl/α,β-unsaturated/α-hetero) is 1. The molecule has 0 aliphatic heterocycles. The molecule has 0 saturated heterocycles. The molecule has 2 N–H and O–H groups in total. The maximum atomic E-state index is 12.4. The highest BCUT2D eigenvalue weighted by Crippen LogP contribution is 2.11. The van der Waals surface area contributed by atoms with Crippen molar-refractivity contribution in [2.45, 2.75) is 72.6 Å². The van der Waals surface area contributed by atoms with E-state index >= 15 is 0 Å². The molecule has 0 aliphatic carbocycles. The van der Waals surface area contributed by atoms with Crippen LogP contribution in [-0.2, 0) is 22.6 Å². The Kier molecular flexibility index (Phi) is 9.67. The zero-order valence-electron chi connectivity index (χ0n) is 18.0. The number of nitrogens with zero attached hydrogens (tertiary/aromatic N) is 1. The number of hydrogen-bond acceptors (Lipinski definition) is 4. The zero-order valence-corrected chi connectivity index (χ0v) is 18.0. The van der Waals surface area contributed by atoms with Gasteiger partial charge in [0.2, 0.25) is 5.91 Å². The summed E-state index contributed by atoms with van der Waals surface area (Å²) in [6.07, 6.45) is 0.682. The van der Waals surface area contributed by atoms with Crippen LogP contribution < -0.4 is 10.6 Å². The van der Waals surface area contributed by atoms with Crippen molar-refractivity contribution in [1.82, 2.24) is 15.5 Å². The van der Waals surface area contributed by atoms with Gasteiger partial charge in [-0.2, -0.15) is 0 Å². The van der Waals surface area contributed by atoms with Crippen LogP contribution in [0.3, 0.4) is 0 Å². The van der Waals surface area contributed by atoms with E-state index < -0.39 is 0 Å². The summed E-state index contributed by atoms with van der Waals surface area (Å²) in [5.74, 6) is 0.285. The van der Waals surface area contributed by atoms with Crippen LogP contribution in [-0.4, -0.2) is 48.3 Å². The molecule has 5 nitrogen and oxygen atoms in total. The monoisotopic (exact) mass is 375 g/mol. The lowest BCUT2D eigenvalue weighted by molar-refractivity contribution is -0.124. The molecule has 27 heavy (non-hydrogen) atoms. The Bertz CT molecular complexity index is 594. The smallest absolute Gasteiger partial charge is 0.234 e. The highest BCUT2D eigenvalue weighted by atomic mass is 16.2. The molecule has 0 spiro atoms. The van der Waals surface area contributed by atoms with Gasteiger partial charge in [0, 0.05) is 24.5 Å². The van der Waals surface area contributed by atoms with E-state index in [4.69, 9.17) is 0 Å². The predicted molar refractivity (Wildman–Crippen MR) is 112 cm³/mol. The predicted octanol–water partition coefficient (Wildman–Crippen LogP) is 2.78. The zero-order chi connectivity index (χ0) is 20.6. The average Bonchev–Trinajstić information content (AvgIpc) is 2.59. The Labute approximate surface area is 164 Å². The molecule has 1 aromatic carbocycles. The summed E-state index contributed by atoms with van der Waals surface area (Å²) in [5.41, 5.74) is 2.18. The highest BCUT2D eigenvalue weighted by Gasteiger charge is 2.22. The Balaban J connectivity index is 2.61. The van der Waals surface area contributed by atoms with Crippen molar-refractivity contribution in [3.63, 3.8) is 0 Å². The number of ketones is 1. The number of rotatable bonds is 11. The lowest BCUT2D eigenvalue weighted by atomic mass is 9.95. The normalized spacial score (nSPS) is 12.9. The SMILES string of the molecule is CC(C)N[C@@H](Cc1ccc(CNC(=O)CN(C)C(C)C)cc1)C(=O)C(C)C. The molecule has 0 aromatic heterocycles. The summed E-state index contributed by atoms with van der Waals surface area (Å²) in [4.78, 5) is 26.4. The minimum absolute atomic E-state index is 0.0136. The van der Waals surface area contributed by atoms with E-state index in [1.165, 1.54) is 0 Å². The van der Waals surface area contributed by atoms with E-state index in [9.17, 15) is 9.59 Å². The van der Waals surface area contributed by atoms with Crippen molar-refractivity contribution in [3.8, 4) is 0 Å². The Morgan fingerprint density at radius 3 is 2.00 bits per heavy atom. The van der Waals surface area contributed by atoms with Crippen molar-refractivity contribution in [1.29, 1.82) is 0 Å². The van der Waals surface area contributed by atoms with Crippen molar-refractivity contribution >= 4 is 11.7 Å². The summed E-state index contributed by atoms with van der Waals surface area (Å²) in [6, 6.07) is 8.57. The first-order chi connectivity index (χ1) is 12.6. The maximum Gasteiger partial charge on any atom is 0.234 e. The van der Waals surface area contributed by atoms with E-state index in [0.29, 0.717) is 25.6 Å². The summed E-state index contributed by atoms with van der Waals surface area (Å²) in [5, 5.41) is 6.34. The topological polar surface area (TPSA) is 61.4 Å². The second-order valence-electron chi connectivity index (χ2n) is 8.24. The fourth-order valence-electron chi connectivity index (χ4n) is 2.74. The van der Waals surface area contributed by atoms with Gasteiger partial charge < -0.3 is 10.6 Å². The number of likely N-dealkylation sites (N-methyl/N-ethyl adjacent to an activating group) is 1. The van der Waals surface area contributed by atoms with Gasteiger partial charge in [-0.15, -0.1) is 0 Å². The van der Waals surface area contributed by atoms with E-state index in [1.54, 1.807) is 0 Å². The molecule has 1 atom stereocenters. The number of nitrogens with one attached hydrogen (secondary N) is 2. The Morgan fingerprint density at radius 1 is 0.963 bits per heavy atom.